The van der Waals surface area contributed by atoms with Crippen LogP contribution in [0, 0.1) is 0 Å². The molecule has 0 aromatic carbocycles. The lowest BCUT2D eigenvalue weighted by Gasteiger charge is -2.06. The first kappa shape index (κ1) is 8.33. The minimum absolute atomic E-state index is 0.0162. The van der Waals surface area contributed by atoms with E-state index in [1.54, 1.807) is 6.29 Å². The highest BCUT2D eigenvalue weighted by Crippen LogP contribution is 2.07. The first-order chi connectivity index (χ1) is 3.68. The predicted molar refractivity (Wildman–Crippen MR) is 38.1 cm³/mol. The van der Waals surface area contributed by atoms with Crippen LogP contribution in [-0.4, -0.2) is 22.1 Å². The van der Waals surface area contributed by atoms with E-state index in [1.807, 2.05) is 0 Å². The van der Waals surface area contributed by atoms with E-state index in [0.29, 0.717) is 0 Å². The van der Waals surface area contributed by atoms with Crippen LogP contribution in [0.15, 0.2) is 0 Å². The molecule has 1 atom stereocenters. The standard InChI is InChI=1S/C4H7O2S2/c5-2-1-3(6)4(7)8/h3-4,6-8H,1H2. The molecule has 1 radical (unpaired) electrons. The lowest BCUT2D eigenvalue weighted by molar-refractivity contribution is 0.200. The number of hydrogen-bond donors (Lipinski definition) is 3. The third-order valence-electron chi connectivity index (χ3n) is 0.637. The van der Waals surface area contributed by atoms with Gasteiger partial charge in [-0.1, -0.05) is 0 Å². The molecule has 0 aliphatic heterocycles. The molecule has 0 saturated heterocycles. The molecule has 0 heterocycles. The Labute approximate surface area is 59.1 Å². The Morgan fingerprint density at radius 3 is 2.25 bits per heavy atom. The minimum atomic E-state index is -0.779. The van der Waals surface area contributed by atoms with Crippen molar-refractivity contribution in [3.63, 3.8) is 0 Å². The van der Waals surface area contributed by atoms with E-state index in [0.717, 1.165) is 0 Å². The zero-order valence-electron chi connectivity index (χ0n) is 4.11. The second kappa shape index (κ2) is 4.23. The lowest BCUT2D eigenvalue weighted by atomic mass is 10.3. The summed E-state index contributed by atoms with van der Waals surface area (Å²) < 4.78 is -0.448. The van der Waals surface area contributed by atoms with Gasteiger partial charge >= 0.3 is 0 Å². The van der Waals surface area contributed by atoms with Crippen LogP contribution >= 0.6 is 25.3 Å². The highest BCUT2D eigenvalue weighted by atomic mass is 32.2. The van der Waals surface area contributed by atoms with Crippen LogP contribution in [0.5, 0.6) is 0 Å². The molecule has 0 rings (SSSR count). The van der Waals surface area contributed by atoms with Gasteiger partial charge in [0, 0.05) is 6.42 Å². The number of aliphatic hydroxyl groups excluding tert-OH is 1. The molecule has 47 valence electrons. The van der Waals surface area contributed by atoms with Crippen molar-refractivity contribution in [2.24, 2.45) is 0 Å². The third-order valence-corrected chi connectivity index (χ3v) is 1.32. The van der Waals surface area contributed by atoms with Gasteiger partial charge in [-0.15, -0.1) is 0 Å². The Morgan fingerprint density at radius 2 is 2.12 bits per heavy atom. The van der Waals surface area contributed by atoms with Crippen molar-refractivity contribution < 1.29 is 9.90 Å². The second-order valence-corrected chi connectivity index (χ2v) is 2.85. The number of thiol groups is 2. The average Bonchev–Trinajstić information content (AvgIpc) is 1.67. The van der Waals surface area contributed by atoms with Crippen LogP contribution < -0.4 is 0 Å². The topological polar surface area (TPSA) is 37.3 Å². The Balaban J connectivity index is 3.30. The molecule has 0 aromatic heterocycles. The van der Waals surface area contributed by atoms with E-state index in [2.05, 4.69) is 25.3 Å². The maximum absolute atomic E-state index is 9.57. The van der Waals surface area contributed by atoms with Crippen LogP contribution in [0.4, 0.5) is 0 Å². The second-order valence-electron chi connectivity index (χ2n) is 1.33. The lowest BCUT2D eigenvalue weighted by Crippen LogP contribution is -2.15. The van der Waals surface area contributed by atoms with Crippen LogP contribution in [-0.2, 0) is 4.79 Å². The highest BCUT2D eigenvalue weighted by molar-refractivity contribution is 7.99. The van der Waals surface area contributed by atoms with Crippen LogP contribution in [0.25, 0.3) is 0 Å². The molecule has 1 N–H and O–H groups in total. The molecular formula is C4H7O2S2. The summed E-state index contributed by atoms with van der Waals surface area (Å²) in [5, 5.41) is 8.71. The molecular weight excluding hydrogens is 144 g/mol. The van der Waals surface area contributed by atoms with Crippen molar-refractivity contribution in [1.29, 1.82) is 0 Å². The fourth-order valence-electron chi connectivity index (χ4n) is 0.191. The summed E-state index contributed by atoms with van der Waals surface area (Å²) in [7, 11) is 0. The monoisotopic (exact) mass is 151 g/mol. The summed E-state index contributed by atoms with van der Waals surface area (Å²) in [5.74, 6) is 0. The van der Waals surface area contributed by atoms with Gasteiger partial charge < -0.3 is 5.11 Å². The number of carbonyl (C=O) groups excluding carboxylic acids is 1. The number of hydrogen-bond acceptors (Lipinski definition) is 4. The molecule has 2 nitrogen and oxygen atoms in total. The van der Waals surface area contributed by atoms with E-state index in [1.165, 1.54) is 0 Å². The number of rotatable bonds is 3. The van der Waals surface area contributed by atoms with Crippen molar-refractivity contribution in [2.45, 2.75) is 17.1 Å². The molecule has 0 saturated carbocycles. The Kier molecular flexibility index (Phi) is 4.41. The van der Waals surface area contributed by atoms with Crippen molar-refractivity contribution in [2.75, 3.05) is 0 Å². The molecule has 0 aliphatic carbocycles. The summed E-state index contributed by atoms with van der Waals surface area (Å²) in [6, 6.07) is 0. The van der Waals surface area contributed by atoms with Gasteiger partial charge in [0.25, 0.3) is 0 Å². The van der Waals surface area contributed by atoms with E-state index >= 15 is 0 Å². The average molecular weight is 151 g/mol. The molecule has 0 amide bonds. The molecule has 8 heavy (non-hydrogen) atoms. The minimum Gasteiger partial charge on any atom is -0.391 e. The van der Waals surface area contributed by atoms with Crippen molar-refractivity contribution in [3.8, 4) is 0 Å². The maximum atomic E-state index is 9.57. The Hall–Kier alpha value is 0.330. The molecule has 0 aliphatic rings. The maximum Gasteiger partial charge on any atom is 0.201 e. The van der Waals surface area contributed by atoms with Gasteiger partial charge in [0.15, 0.2) is 0 Å². The smallest absolute Gasteiger partial charge is 0.201 e. The van der Waals surface area contributed by atoms with Gasteiger partial charge in [-0.2, -0.15) is 25.3 Å². The van der Waals surface area contributed by atoms with Crippen LogP contribution in [0.1, 0.15) is 6.42 Å². The van der Waals surface area contributed by atoms with Crippen LogP contribution in [0.3, 0.4) is 0 Å². The quantitative estimate of drug-likeness (QED) is 0.393. The van der Waals surface area contributed by atoms with Crippen molar-refractivity contribution in [1.82, 2.24) is 0 Å². The fourth-order valence-corrected chi connectivity index (χ4v) is 0.402. The molecule has 0 fully saturated rings. The van der Waals surface area contributed by atoms with Gasteiger partial charge in [0.05, 0.1) is 10.7 Å². The van der Waals surface area contributed by atoms with E-state index in [9.17, 15) is 4.79 Å². The van der Waals surface area contributed by atoms with Gasteiger partial charge in [-0.3, -0.25) is 4.79 Å². The van der Waals surface area contributed by atoms with E-state index < -0.39 is 10.7 Å². The zero-order valence-corrected chi connectivity index (χ0v) is 5.90. The summed E-state index contributed by atoms with van der Waals surface area (Å²) in [5.41, 5.74) is 0. The van der Waals surface area contributed by atoms with Gasteiger partial charge in [0.1, 0.15) is 0 Å². The van der Waals surface area contributed by atoms with E-state index in [4.69, 9.17) is 5.11 Å². The van der Waals surface area contributed by atoms with Gasteiger partial charge in [-0.05, 0) is 0 Å². The Morgan fingerprint density at radius 1 is 1.62 bits per heavy atom. The molecule has 4 heteroatoms. The third kappa shape index (κ3) is 3.35. The summed E-state index contributed by atoms with van der Waals surface area (Å²) in [4.78, 5) is 9.57. The van der Waals surface area contributed by atoms with E-state index in [-0.39, 0.29) is 6.42 Å². The Bertz CT molecular complexity index is 74.4. The SMILES string of the molecule is O=[C]CC(O)C(S)S. The first-order valence-electron chi connectivity index (χ1n) is 2.07. The van der Waals surface area contributed by atoms with Crippen LogP contribution in [0.2, 0.25) is 0 Å². The summed E-state index contributed by atoms with van der Waals surface area (Å²) >= 11 is 7.52. The predicted octanol–water partition coefficient (Wildman–Crippen LogP) is 0.0328. The normalized spacial score (nSPS) is 14.0. The molecule has 0 bridgehead atoms. The summed E-state index contributed by atoms with van der Waals surface area (Å²) in [6.07, 6.45) is 0.756. The zero-order chi connectivity index (χ0) is 6.57. The fraction of sp³-hybridized carbons (Fsp3) is 0.750. The van der Waals surface area contributed by atoms with Crippen molar-refractivity contribution in [3.05, 3.63) is 0 Å². The van der Waals surface area contributed by atoms with Crippen molar-refractivity contribution >= 4 is 31.5 Å². The highest BCUT2D eigenvalue weighted by Gasteiger charge is 2.08. The number of aliphatic hydroxyl groups is 1. The summed E-state index contributed by atoms with van der Waals surface area (Å²) in [6.45, 7) is 0. The molecule has 1 unspecified atom stereocenters. The largest absolute Gasteiger partial charge is 0.391 e. The first-order valence-corrected chi connectivity index (χ1v) is 3.11. The molecule has 0 spiro atoms. The molecule has 0 aromatic rings. The van der Waals surface area contributed by atoms with Gasteiger partial charge in [-0.25, -0.2) is 0 Å². The van der Waals surface area contributed by atoms with Gasteiger partial charge in [0.2, 0.25) is 6.29 Å².